The van der Waals surface area contributed by atoms with Gasteiger partial charge < -0.3 is 10.4 Å². The Kier molecular flexibility index (Phi) is 5.37. The van der Waals surface area contributed by atoms with Crippen molar-refractivity contribution in [3.63, 3.8) is 0 Å². The summed E-state index contributed by atoms with van der Waals surface area (Å²) in [7, 11) is 0. The summed E-state index contributed by atoms with van der Waals surface area (Å²) in [6, 6.07) is 16.1. The van der Waals surface area contributed by atoms with Crippen LogP contribution >= 0.6 is 11.6 Å². The van der Waals surface area contributed by atoms with Crippen molar-refractivity contribution in [2.24, 2.45) is 0 Å². The van der Waals surface area contributed by atoms with Crippen LogP contribution in [0.4, 0.5) is 0 Å². The number of rotatable bonds is 5. The van der Waals surface area contributed by atoms with Gasteiger partial charge in [-0.15, -0.1) is 0 Å². The monoisotopic (exact) mass is 303 g/mol. The lowest BCUT2D eigenvalue weighted by molar-refractivity contribution is 0.0852. The first-order chi connectivity index (χ1) is 10.1. The van der Waals surface area contributed by atoms with E-state index in [4.69, 9.17) is 11.6 Å². The molecule has 3 nitrogen and oxygen atoms in total. The van der Waals surface area contributed by atoms with Crippen LogP contribution in [0.25, 0.3) is 0 Å². The van der Waals surface area contributed by atoms with E-state index in [1.807, 2.05) is 30.3 Å². The number of nitrogens with one attached hydrogen (secondary N) is 1. The van der Waals surface area contributed by atoms with Gasteiger partial charge >= 0.3 is 0 Å². The van der Waals surface area contributed by atoms with Crippen LogP contribution < -0.4 is 5.32 Å². The molecule has 21 heavy (non-hydrogen) atoms. The molecule has 2 rings (SSSR count). The standard InChI is InChI=1S/C17H18ClNO2/c1-12(16(20)10-13-6-3-2-4-7-13)19-17(21)14-8-5-9-15(18)11-14/h2-9,11-12,16,20H,10H2,1H3,(H,19,21). The van der Waals surface area contributed by atoms with Gasteiger partial charge in [0, 0.05) is 17.0 Å². The smallest absolute Gasteiger partial charge is 0.251 e. The molecule has 0 heterocycles. The number of carbonyl (C=O) groups excluding carboxylic acids is 1. The normalized spacial score (nSPS) is 13.5. The van der Waals surface area contributed by atoms with Gasteiger partial charge in [-0.3, -0.25) is 4.79 Å². The first-order valence-electron chi connectivity index (χ1n) is 6.84. The highest BCUT2D eigenvalue weighted by atomic mass is 35.5. The Morgan fingerprint density at radius 2 is 1.90 bits per heavy atom. The molecule has 110 valence electrons. The van der Waals surface area contributed by atoms with Gasteiger partial charge in [0.05, 0.1) is 12.1 Å². The van der Waals surface area contributed by atoms with E-state index in [0.29, 0.717) is 17.0 Å². The SMILES string of the molecule is CC(NC(=O)c1cccc(Cl)c1)C(O)Cc1ccccc1. The van der Waals surface area contributed by atoms with Gasteiger partial charge in [0.25, 0.3) is 5.91 Å². The molecule has 0 aliphatic rings. The second-order valence-corrected chi connectivity index (χ2v) is 5.47. The molecule has 2 aromatic rings. The van der Waals surface area contributed by atoms with E-state index in [0.717, 1.165) is 5.56 Å². The summed E-state index contributed by atoms with van der Waals surface area (Å²) >= 11 is 5.87. The van der Waals surface area contributed by atoms with Crippen LogP contribution in [0, 0.1) is 0 Å². The molecule has 0 saturated heterocycles. The number of aliphatic hydroxyl groups excluding tert-OH is 1. The second-order valence-electron chi connectivity index (χ2n) is 5.03. The predicted molar refractivity (Wildman–Crippen MR) is 84.5 cm³/mol. The molecular weight excluding hydrogens is 286 g/mol. The maximum atomic E-state index is 12.1. The summed E-state index contributed by atoms with van der Waals surface area (Å²) < 4.78 is 0. The number of carbonyl (C=O) groups is 1. The van der Waals surface area contributed by atoms with Crippen molar-refractivity contribution in [1.82, 2.24) is 5.32 Å². The highest BCUT2D eigenvalue weighted by molar-refractivity contribution is 6.30. The third-order valence-electron chi connectivity index (χ3n) is 3.31. The van der Waals surface area contributed by atoms with Crippen LogP contribution in [0.15, 0.2) is 54.6 Å². The van der Waals surface area contributed by atoms with Crippen LogP contribution in [0.2, 0.25) is 5.02 Å². The molecule has 2 aromatic carbocycles. The lowest BCUT2D eigenvalue weighted by atomic mass is 10.0. The largest absolute Gasteiger partial charge is 0.391 e. The van der Waals surface area contributed by atoms with E-state index in [1.54, 1.807) is 31.2 Å². The van der Waals surface area contributed by atoms with Gasteiger partial charge in [-0.25, -0.2) is 0 Å². The maximum absolute atomic E-state index is 12.1. The summed E-state index contributed by atoms with van der Waals surface area (Å²) in [5.41, 5.74) is 1.52. The van der Waals surface area contributed by atoms with Crippen molar-refractivity contribution in [3.8, 4) is 0 Å². The molecule has 1 amide bonds. The molecule has 0 aliphatic heterocycles. The van der Waals surface area contributed by atoms with Crippen LogP contribution in [0.3, 0.4) is 0 Å². The molecule has 0 fully saturated rings. The molecule has 0 aliphatic carbocycles. The van der Waals surface area contributed by atoms with Crippen molar-refractivity contribution in [2.45, 2.75) is 25.5 Å². The van der Waals surface area contributed by atoms with Gasteiger partial charge in [0.2, 0.25) is 0 Å². The van der Waals surface area contributed by atoms with Crippen LogP contribution in [-0.2, 0) is 6.42 Å². The Hall–Kier alpha value is -1.84. The molecule has 2 N–H and O–H groups in total. The molecule has 0 radical (unpaired) electrons. The zero-order valence-electron chi connectivity index (χ0n) is 11.8. The number of amides is 1. The maximum Gasteiger partial charge on any atom is 0.251 e. The van der Waals surface area contributed by atoms with Gasteiger partial charge in [0.15, 0.2) is 0 Å². The second kappa shape index (κ2) is 7.25. The fourth-order valence-corrected chi connectivity index (χ4v) is 2.24. The summed E-state index contributed by atoms with van der Waals surface area (Å²) in [4.78, 5) is 12.1. The van der Waals surface area contributed by atoms with Crippen LogP contribution in [0.1, 0.15) is 22.8 Å². The fraction of sp³-hybridized carbons (Fsp3) is 0.235. The third kappa shape index (κ3) is 4.59. The molecule has 2 atom stereocenters. The number of halogens is 1. The fourth-order valence-electron chi connectivity index (χ4n) is 2.05. The highest BCUT2D eigenvalue weighted by Gasteiger charge is 2.17. The van der Waals surface area contributed by atoms with Crippen molar-refractivity contribution >= 4 is 17.5 Å². The molecule has 4 heteroatoms. The van der Waals surface area contributed by atoms with Crippen LogP contribution in [0.5, 0.6) is 0 Å². The van der Waals surface area contributed by atoms with Crippen LogP contribution in [-0.4, -0.2) is 23.2 Å². The summed E-state index contributed by atoms with van der Waals surface area (Å²) in [6.45, 7) is 1.79. The Morgan fingerprint density at radius 3 is 2.57 bits per heavy atom. The first kappa shape index (κ1) is 15.5. The number of hydrogen-bond acceptors (Lipinski definition) is 2. The van der Waals surface area contributed by atoms with E-state index in [9.17, 15) is 9.90 Å². The number of benzene rings is 2. The Labute approximate surface area is 129 Å². The van der Waals surface area contributed by atoms with E-state index < -0.39 is 6.10 Å². The summed E-state index contributed by atoms with van der Waals surface area (Å²) in [6.07, 6.45) is -0.145. The van der Waals surface area contributed by atoms with E-state index >= 15 is 0 Å². The third-order valence-corrected chi connectivity index (χ3v) is 3.55. The Balaban J connectivity index is 1.94. The minimum absolute atomic E-state index is 0.239. The minimum Gasteiger partial charge on any atom is -0.391 e. The molecule has 2 unspecified atom stereocenters. The highest BCUT2D eigenvalue weighted by Crippen LogP contribution is 2.11. The molecular formula is C17H18ClNO2. The lowest BCUT2D eigenvalue weighted by Gasteiger charge is -2.20. The minimum atomic E-state index is -0.643. The molecule has 0 spiro atoms. The molecule has 0 saturated carbocycles. The average molecular weight is 304 g/mol. The van der Waals surface area contributed by atoms with E-state index in [-0.39, 0.29) is 11.9 Å². The van der Waals surface area contributed by atoms with Crippen molar-refractivity contribution in [2.75, 3.05) is 0 Å². The van der Waals surface area contributed by atoms with Crippen molar-refractivity contribution in [1.29, 1.82) is 0 Å². The van der Waals surface area contributed by atoms with Gasteiger partial charge in [-0.1, -0.05) is 48.0 Å². The number of hydrogen-bond donors (Lipinski definition) is 2. The Bertz CT molecular complexity index is 601. The summed E-state index contributed by atoms with van der Waals surface area (Å²) in [5.74, 6) is -0.239. The Morgan fingerprint density at radius 1 is 1.19 bits per heavy atom. The predicted octanol–water partition coefficient (Wildman–Crippen LogP) is 3.06. The number of aliphatic hydroxyl groups is 1. The zero-order chi connectivity index (χ0) is 15.2. The van der Waals surface area contributed by atoms with E-state index in [1.165, 1.54) is 0 Å². The van der Waals surface area contributed by atoms with Crippen molar-refractivity contribution in [3.05, 3.63) is 70.7 Å². The van der Waals surface area contributed by atoms with Gasteiger partial charge in [-0.05, 0) is 30.7 Å². The lowest BCUT2D eigenvalue weighted by Crippen LogP contribution is -2.42. The summed E-state index contributed by atoms with van der Waals surface area (Å²) in [5, 5.41) is 13.5. The van der Waals surface area contributed by atoms with Gasteiger partial charge in [-0.2, -0.15) is 0 Å². The quantitative estimate of drug-likeness (QED) is 0.892. The molecule has 0 aromatic heterocycles. The molecule has 0 bridgehead atoms. The van der Waals surface area contributed by atoms with Gasteiger partial charge in [0.1, 0.15) is 0 Å². The average Bonchev–Trinajstić information content (AvgIpc) is 2.48. The zero-order valence-corrected chi connectivity index (χ0v) is 12.5. The van der Waals surface area contributed by atoms with Crippen molar-refractivity contribution < 1.29 is 9.90 Å². The first-order valence-corrected chi connectivity index (χ1v) is 7.22. The van der Waals surface area contributed by atoms with E-state index in [2.05, 4.69) is 5.32 Å². The topological polar surface area (TPSA) is 49.3 Å².